The van der Waals surface area contributed by atoms with E-state index in [0.717, 1.165) is 41.9 Å². The number of halogens is 4. The van der Waals surface area contributed by atoms with E-state index in [2.05, 4.69) is 55.4 Å². The van der Waals surface area contributed by atoms with Gasteiger partial charge in [0.05, 0.1) is 5.41 Å². The topological polar surface area (TPSA) is 0 Å². The maximum atomic E-state index is 12.7. The van der Waals surface area contributed by atoms with Crippen molar-refractivity contribution >= 4 is 0 Å². The van der Waals surface area contributed by atoms with Crippen molar-refractivity contribution in [2.75, 3.05) is 0 Å². The monoisotopic (exact) mass is 563 g/mol. The van der Waals surface area contributed by atoms with Gasteiger partial charge in [-0.25, -0.2) is 4.39 Å². The van der Waals surface area contributed by atoms with Crippen LogP contribution in [0.15, 0.2) is 0 Å². The smallest absolute Gasteiger partial charge is 0.244 e. The average Bonchev–Trinajstić information content (AvgIpc) is 3.60. The summed E-state index contributed by atoms with van der Waals surface area (Å²) in [6.45, 7) is 23.0. The second kappa shape index (κ2) is 15.8. The number of hydrogen-bond acceptors (Lipinski definition) is 0. The maximum absolute atomic E-state index is 12.7. The second-order valence-corrected chi connectivity index (χ2v) is 15.6. The molecule has 0 aromatic heterocycles. The van der Waals surface area contributed by atoms with E-state index in [-0.39, 0.29) is 5.92 Å². The van der Waals surface area contributed by atoms with Crippen LogP contribution < -0.4 is 0 Å². The van der Waals surface area contributed by atoms with E-state index < -0.39 is 17.3 Å². The number of alkyl halides is 4. The largest absolute Gasteiger partial charge is 0.394 e. The van der Waals surface area contributed by atoms with Crippen LogP contribution in [-0.2, 0) is 0 Å². The summed E-state index contributed by atoms with van der Waals surface area (Å²) in [5, 5.41) is 0. The zero-order valence-corrected chi connectivity index (χ0v) is 27.7. The lowest BCUT2D eigenvalue weighted by molar-refractivity contribution is -0.199. The Morgan fingerprint density at radius 2 is 1.08 bits per heavy atom. The highest BCUT2D eigenvalue weighted by atomic mass is 19.4. The van der Waals surface area contributed by atoms with Crippen molar-refractivity contribution in [3.63, 3.8) is 0 Å². The van der Waals surface area contributed by atoms with Crippen LogP contribution in [0.1, 0.15) is 153 Å². The molecule has 234 valence electrons. The third-order valence-corrected chi connectivity index (χ3v) is 9.90. The van der Waals surface area contributed by atoms with Crippen LogP contribution in [-0.4, -0.2) is 11.8 Å². The molecule has 5 aliphatic carbocycles. The van der Waals surface area contributed by atoms with Gasteiger partial charge in [-0.1, -0.05) is 108 Å². The number of rotatable bonds is 6. The molecule has 0 aliphatic heterocycles. The Labute approximate surface area is 241 Å². The van der Waals surface area contributed by atoms with Gasteiger partial charge in [0, 0.05) is 0 Å². The average molecular weight is 563 g/mol. The van der Waals surface area contributed by atoms with Crippen molar-refractivity contribution in [3.05, 3.63) is 0 Å². The summed E-state index contributed by atoms with van der Waals surface area (Å²) in [7, 11) is 0. The first-order valence-electron chi connectivity index (χ1n) is 16.6. The van der Waals surface area contributed by atoms with Crippen LogP contribution in [0.25, 0.3) is 0 Å². The minimum atomic E-state index is -3.97. The van der Waals surface area contributed by atoms with Gasteiger partial charge in [-0.15, -0.1) is 0 Å². The molecule has 2 unspecified atom stereocenters. The van der Waals surface area contributed by atoms with Crippen molar-refractivity contribution in [2.24, 2.45) is 58.7 Å². The normalized spacial score (nSPS) is 27.2. The molecular weight excluding hydrogens is 496 g/mol. The van der Waals surface area contributed by atoms with Gasteiger partial charge in [0.2, 0.25) is 0 Å². The minimum Gasteiger partial charge on any atom is -0.244 e. The number of hydrogen-bond donors (Lipinski definition) is 0. The summed E-state index contributed by atoms with van der Waals surface area (Å²) >= 11 is 0. The highest BCUT2D eigenvalue weighted by Crippen LogP contribution is 2.62. The van der Waals surface area contributed by atoms with Crippen LogP contribution >= 0.6 is 0 Å². The van der Waals surface area contributed by atoms with E-state index in [1.54, 1.807) is 20.8 Å². The fraction of sp³-hybridized carbons (Fsp3) is 1.00. The fourth-order valence-electron chi connectivity index (χ4n) is 6.03. The van der Waals surface area contributed by atoms with Gasteiger partial charge in [0.15, 0.2) is 0 Å². The quantitative estimate of drug-likeness (QED) is 0.282. The van der Waals surface area contributed by atoms with Gasteiger partial charge in [-0.3, -0.25) is 0 Å². The molecule has 0 bridgehead atoms. The fourth-order valence-corrected chi connectivity index (χ4v) is 6.03. The Kier molecular flexibility index (Phi) is 14.9. The molecule has 0 N–H and O–H groups in total. The first-order chi connectivity index (χ1) is 17.8. The Balaban J connectivity index is 0.000000246. The van der Waals surface area contributed by atoms with Crippen LogP contribution in [0.4, 0.5) is 17.6 Å². The van der Waals surface area contributed by atoms with Crippen LogP contribution in [0.5, 0.6) is 0 Å². The van der Waals surface area contributed by atoms with Crippen LogP contribution in [0.2, 0.25) is 0 Å². The van der Waals surface area contributed by atoms with Crippen LogP contribution in [0, 0.1) is 58.7 Å². The van der Waals surface area contributed by atoms with Crippen molar-refractivity contribution in [3.8, 4) is 0 Å². The maximum Gasteiger partial charge on any atom is 0.394 e. The van der Waals surface area contributed by atoms with E-state index >= 15 is 0 Å². The third-order valence-electron chi connectivity index (χ3n) is 9.90. The van der Waals surface area contributed by atoms with E-state index in [1.807, 2.05) is 0 Å². The Morgan fingerprint density at radius 3 is 1.15 bits per heavy atom. The summed E-state index contributed by atoms with van der Waals surface area (Å²) in [5.41, 5.74) is -2.12. The Morgan fingerprint density at radius 1 is 0.667 bits per heavy atom. The molecule has 0 saturated heterocycles. The first-order valence-corrected chi connectivity index (χ1v) is 16.6. The SMILES string of the molecule is CC(C)C1(C(F)(F)F)CC1.CC(C)C1CC1.CC(C)C1CC1(C)F.CC(C)C1CCCC1.CC(C)CC1CC1. The zero-order chi connectivity index (χ0) is 30.2. The van der Waals surface area contributed by atoms with Gasteiger partial charge in [0.1, 0.15) is 5.67 Å². The molecule has 0 heterocycles. The molecule has 0 spiro atoms. The molecule has 39 heavy (non-hydrogen) atoms. The van der Waals surface area contributed by atoms with Gasteiger partial charge in [0.25, 0.3) is 0 Å². The Bertz CT molecular complexity index is 631. The summed E-state index contributed by atoms with van der Waals surface area (Å²) in [5.74, 6) is 6.76. The summed E-state index contributed by atoms with van der Waals surface area (Å²) in [6, 6.07) is 0. The molecule has 2 atom stereocenters. The van der Waals surface area contributed by atoms with Crippen molar-refractivity contribution in [1.29, 1.82) is 0 Å². The highest BCUT2D eigenvalue weighted by molar-refractivity contribution is 5.01. The summed E-state index contributed by atoms with van der Waals surface area (Å²) < 4.78 is 49.2. The molecule has 4 heteroatoms. The van der Waals surface area contributed by atoms with Crippen molar-refractivity contribution in [1.82, 2.24) is 0 Å². The lowest BCUT2D eigenvalue weighted by Gasteiger charge is -2.22. The molecule has 0 amide bonds. The minimum absolute atomic E-state index is 0.257. The van der Waals surface area contributed by atoms with Gasteiger partial charge in [-0.2, -0.15) is 13.2 Å². The second-order valence-electron chi connectivity index (χ2n) is 15.6. The molecule has 5 rings (SSSR count). The third kappa shape index (κ3) is 14.4. The molecule has 0 aromatic carbocycles. The molecule has 5 fully saturated rings. The Hall–Kier alpha value is -0.280. The van der Waals surface area contributed by atoms with E-state index in [0.29, 0.717) is 24.7 Å². The van der Waals surface area contributed by atoms with Crippen LogP contribution in [0.3, 0.4) is 0 Å². The van der Waals surface area contributed by atoms with Gasteiger partial charge < -0.3 is 0 Å². The first kappa shape index (κ1) is 36.7. The van der Waals surface area contributed by atoms with Gasteiger partial charge >= 0.3 is 6.18 Å². The molecule has 5 aliphatic rings. The summed E-state index contributed by atoms with van der Waals surface area (Å²) in [4.78, 5) is 0. The molecule has 5 saturated carbocycles. The predicted molar refractivity (Wildman–Crippen MR) is 162 cm³/mol. The molecule has 0 aromatic rings. The highest BCUT2D eigenvalue weighted by Gasteiger charge is 2.64. The predicted octanol–water partition coefficient (Wildman–Crippen LogP) is 12.7. The summed E-state index contributed by atoms with van der Waals surface area (Å²) in [6.07, 6.45) is 10.9. The standard InChI is InChI=1S/C8H16.C7H11F3.C7H13F.C7H14.C6H12/c1-7(2)8-5-3-4-6-8;1-5(2)6(3-4-6)7(8,9)10;1-5(2)6-4-7(6,3)8;1-6(2)5-7-3-4-7;1-5(2)6-3-4-6/h7-8H,3-6H2,1-2H3;5H,3-4H2,1-2H3;5-6H,4H2,1-3H3;6-7H,3-5H2,1-2H3;5-6H,3-4H2,1-2H3. The molecular formula is C35H66F4. The van der Waals surface area contributed by atoms with Gasteiger partial charge in [-0.05, 0) is 98.7 Å². The van der Waals surface area contributed by atoms with E-state index in [9.17, 15) is 17.6 Å². The van der Waals surface area contributed by atoms with E-state index in [4.69, 9.17) is 0 Å². The lowest BCUT2D eigenvalue weighted by Crippen LogP contribution is -2.29. The van der Waals surface area contributed by atoms with Crippen molar-refractivity contribution in [2.45, 2.75) is 165 Å². The lowest BCUT2D eigenvalue weighted by atomic mass is 9.92. The molecule has 0 radical (unpaired) electrons. The zero-order valence-electron chi connectivity index (χ0n) is 27.7. The molecule has 0 nitrogen and oxygen atoms in total. The van der Waals surface area contributed by atoms with E-state index in [1.165, 1.54) is 57.8 Å². The van der Waals surface area contributed by atoms with Crippen molar-refractivity contribution < 1.29 is 17.6 Å².